The monoisotopic (exact) mass is 372 g/mol. The van der Waals surface area contributed by atoms with Crippen molar-refractivity contribution in [3.05, 3.63) is 47.5 Å². The van der Waals surface area contributed by atoms with Crippen molar-refractivity contribution in [2.75, 3.05) is 13.2 Å². The Bertz CT molecular complexity index is 676. The third kappa shape index (κ3) is 5.31. The minimum atomic E-state index is -0.426. The molecule has 0 atom stereocenters. The van der Waals surface area contributed by atoms with Gasteiger partial charge in [0.1, 0.15) is 23.0 Å². The first-order chi connectivity index (χ1) is 12.9. The average Bonchev–Trinajstić information content (AvgIpc) is 2.62. The van der Waals surface area contributed by atoms with Crippen LogP contribution in [0.1, 0.15) is 64.5 Å². The van der Waals surface area contributed by atoms with E-state index in [0.717, 1.165) is 36.8 Å². The molecule has 0 aliphatic heterocycles. The Balaban J connectivity index is 2.43. The van der Waals surface area contributed by atoms with Crippen molar-refractivity contribution in [2.45, 2.75) is 58.8 Å². The number of hydrogen-bond donors (Lipinski definition) is 2. The van der Waals surface area contributed by atoms with Gasteiger partial charge in [-0.15, -0.1) is 0 Å². The summed E-state index contributed by atoms with van der Waals surface area (Å²) in [5.41, 5.74) is 1.52. The second kappa shape index (κ2) is 9.54. The third-order valence-corrected chi connectivity index (χ3v) is 4.79. The Morgan fingerprint density at radius 2 is 1.15 bits per heavy atom. The zero-order valence-electron chi connectivity index (χ0n) is 16.9. The van der Waals surface area contributed by atoms with Crippen molar-refractivity contribution < 1.29 is 19.7 Å². The van der Waals surface area contributed by atoms with Crippen LogP contribution in [0.15, 0.2) is 36.4 Å². The van der Waals surface area contributed by atoms with Crippen molar-refractivity contribution in [3.8, 4) is 23.0 Å². The topological polar surface area (TPSA) is 58.9 Å². The lowest BCUT2D eigenvalue weighted by Gasteiger charge is -2.30. The molecule has 0 saturated carbocycles. The van der Waals surface area contributed by atoms with Crippen molar-refractivity contribution in [1.29, 1.82) is 0 Å². The lowest BCUT2D eigenvalue weighted by molar-refractivity contribution is 0.293. The minimum absolute atomic E-state index is 0.186. The number of hydrogen-bond acceptors (Lipinski definition) is 4. The number of aromatic hydroxyl groups is 2. The average molecular weight is 373 g/mol. The Morgan fingerprint density at radius 1 is 0.741 bits per heavy atom. The molecule has 0 unspecified atom stereocenters. The van der Waals surface area contributed by atoms with Crippen LogP contribution in [-0.4, -0.2) is 23.4 Å². The van der Waals surface area contributed by atoms with Gasteiger partial charge in [-0.1, -0.05) is 52.7 Å². The fraction of sp³-hybridized carbons (Fsp3) is 0.478. The van der Waals surface area contributed by atoms with Gasteiger partial charge in [0, 0.05) is 28.7 Å². The van der Waals surface area contributed by atoms with E-state index < -0.39 is 5.41 Å². The summed E-state index contributed by atoms with van der Waals surface area (Å²) in [5.74, 6) is 1.74. The SMILES string of the molecule is CCCCOc1cc(O)ccc1C(C)(C)c1ccc(O)cc1OCCCC. The molecule has 0 aliphatic carbocycles. The highest BCUT2D eigenvalue weighted by atomic mass is 16.5. The Kier molecular flexibility index (Phi) is 7.40. The second-order valence-electron chi connectivity index (χ2n) is 7.39. The van der Waals surface area contributed by atoms with Gasteiger partial charge < -0.3 is 19.7 Å². The van der Waals surface area contributed by atoms with Crippen LogP contribution in [0.3, 0.4) is 0 Å². The molecule has 0 amide bonds. The van der Waals surface area contributed by atoms with E-state index >= 15 is 0 Å². The number of ether oxygens (including phenoxy) is 2. The largest absolute Gasteiger partial charge is 0.508 e. The van der Waals surface area contributed by atoms with Gasteiger partial charge in [0.2, 0.25) is 0 Å². The molecule has 0 bridgehead atoms. The first kappa shape index (κ1) is 20.9. The summed E-state index contributed by atoms with van der Waals surface area (Å²) in [6.45, 7) is 9.66. The molecule has 4 nitrogen and oxygen atoms in total. The maximum Gasteiger partial charge on any atom is 0.127 e. The summed E-state index contributed by atoms with van der Waals surface area (Å²) in [7, 11) is 0. The van der Waals surface area contributed by atoms with E-state index in [1.807, 2.05) is 12.1 Å². The van der Waals surface area contributed by atoms with Crippen molar-refractivity contribution >= 4 is 0 Å². The van der Waals surface area contributed by atoms with Gasteiger partial charge in [-0.05, 0) is 25.0 Å². The molecule has 0 spiro atoms. The number of rotatable bonds is 10. The van der Waals surface area contributed by atoms with Gasteiger partial charge in [0.15, 0.2) is 0 Å². The smallest absolute Gasteiger partial charge is 0.127 e. The molecule has 2 rings (SSSR count). The molecule has 0 heterocycles. The quantitative estimate of drug-likeness (QED) is 0.519. The lowest BCUT2D eigenvalue weighted by Crippen LogP contribution is -2.21. The maximum atomic E-state index is 9.93. The van der Waals surface area contributed by atoms with Crippen LogP contribution < -0.4 is 9.47 Å². The molecular weight excluding hydrogens is 340 g/mol. The van der Waals surface area contributed by atoms with Crippen molar-refractivity contribution in [1.82, 2.24) is 0 Å². The Labute approximate surface area is 162 Å². The lowest BCUT2D eigenvalue weighted by atomic mass is 9.77. The summed E-state index contributed by atoms with van der Waals surface area (Å²) < 4.78 is 12.0. The van der Waals surface area contributed by atoms with E-state index in [4.69, 9.17) is 9.47 Å². The van der Waals surface area contributed by atoms with E-state index in [2.05, 4.69) is 27.7 Å². The molecule has 0 saturated heterocycles. The van der Waals surface area contributed by atoms with E-state index in [9.17, 15) is 10.2 Å². The van der Waals surface area contributed by atoms with Crippen LogP contribution in [-0.2, 0) is 5.41 Å². The van der Waals surface area contributed by atoms with Crippen LogP contribution in [0.25, 0.3) is 0 Å². The fourth-order valence-electron chi connectivity index (χ4n) is 3.09. The van der Waals surface area contributed by atoms with E-state index in [1.165, 1.54) is 0 Å². The van der Waals surface area contributed by atoms with Gasteiger partial charge in [-0.3, -0.25) is 0 Å². The Morgan fingerprint density at radius 3 is 1.52 bits per heavy atom. The van der Waals surface area contributed by atoms with Gasteiger partial charge >= 0.3 is 0 Å². The number of benzene rings is 2. The van der Waals surface area contributed by atoms with E-state index in [0.29, 0.717) is 24.7 Å². The van der Waals surface area contributed by atoms with Crippen molar-refractivity contribution in [2.24, 2.45) is 0 Å². The summed E-state index contributed by atoms with van der Waals surface area (Å²) in [6, 6.07) is 10.5. The molecular formula is C23H32O4. The predicted molar refractivity (Wildman–Crippen MR) is 109 cm³/mol. The summed E-state index contributed by atoms with van der Waals surface area (Å²) >= 11 is 0. The minimum Gasteiger partial charge on any atom is -0.508 e. The molecule has 2 N–H and O–H groups in total. The van der Waals surface area contributed by atoms with Crippen LogP contribution in [0.5, 0.6) is 23.0 Å². The number of phenolic OH excluding ortho intramolecular Hbond substituents is 2. The molecule has 2 aromatic carbocycles. The summed E-state index contributed by atoms with van der Waals surface area (Å²) in [6.07, 6.45) is 4.01. The normalized spacial score (nSPS) is 11.4. The van der Waals surface area contributed by atoms with Crippen molar-refractivity contribution in [3.63, 3.8) is 0 Å². The van der Waals surface area contributed by atoms with Gasteiger partial charge in [0.25, 0.3) is 0 Å². The highest BCUT2D eigenvalue weighted by Gasteiger charge is 2.30. The van der Waals surface area contributed by atoms with E-state index in [1.54, 1.807) is 24.3 Å². The standard InChI is InChI=1S/C23H32O4/c1-5-7-13-26-21-15-17(24)9-11-19(21)23(3,4)20-12-10-18(25)16-22(20)27-14-8-6-2/h9-12,15-16,24-25H,5-8,13-14H2,1-4H3. The first-order valence-corrected chi connectivity index (χ1v) is 9.82. The predicted octanol–water partition coefficient (Wildman–Crippen LogP) is 5.78. The molecule has 27 heavy (non-hydrogen) atoms. The fourth-order valence-corrected chi connectivity index (χ4v) is 3.09. The molecule has 0 aliphatic rings. The Hall–Kier alpha value is -2.36. The summed E-state index contributed by atoms with van der Waals surface area (Å²) in [5, 5.41) is 19.9. The molecule has 0 fully saturated rings. The molecule has 0 radical (unpaired) electrons. The highest BCUT2D eigenvalue weighted by molar-refractivity contribution is 5.54. The third-order valence-electron chi connectivity index (χ3n) is 4.79. The van der Waals surface area contributed by atoms with Gasteiger partial charge in [-0.25, -0.2) is 0 Å². The summed E-state index contributed by atoms with van der Waals surface area (Å²) in [4.78, 5) is 0. The van der Waals surface area contributed by atoms with Crippen LogP contribution in [0, 0.1) is 0 Å². The molecule has 4 heteroatoms. The molecule has 148 valence electrons. The zero-order chi connectivity index (χ0) is 19.9. The molecule has 0 aromatic heterocycles. The second-order valence-corrected chi connectivity index (χ2v) is 7.39. The van der Waals surface area contributed by atoms with Crippen LogP contribution in [0.2, 0.25) is 0 Å². The number of unbranched alkanes of at least 4 members (excludes halogenated alkanes) is 2. The van der Waals surface area contributed by atoms with E-state index in [-0.39, 0.29) is 11.5 Å². The molecule has 2 aromatic rings. The highest BCUT2D eigenvalue weighted by Crippen LogP contribution is 2.43. The van der Waals surface area contributed by atoms with Gasteiger partial charge in [0.05, 0.1) is 13.2 Å². The maximum absolute atomic E-state index is 9.93. The number of phenols is 2. The zero-order valence-corrected chi connectivity index (χ0v) is 16.9. The van der Waals surface area contributed by atoms with Crippen LogP contribution >= 0.6 is 0 Å². The van der Waals surface area contributed by atoms with Gasteiger partial charge in [-0.2, -0.15) is 0 Å². The van der Waals surface area contributed by atoms with Crippen LogP contribution in [0.4, 0.5) is 0 Å². The first-order valence-electron chi connectivity index (χ1n) is 9.82.